The van der Waals surface area contributed by atoms with E-state index in [0.717, 1.165) is 33.4 Å². The van der Waals surface area contributed by atoms with Gasteiger partial charge in [0.05, 0.1) is 39.6 Å². The van der Waals surface area contributed by atoms with Gasteiger partial charge in [-0.05, 0) is 171 Å². The lowest BCUT2D eigenvalue weighted by atomic mass is 9.79. The minimum atomic E-state index is -0.564. The third-order valence-corrected chi connectivity index (χ3v) is 19.7. The van der Waals surface area contributed by atoms with Crippen molar-refractivity contribution in [3.63, 3.8) is 0 Å². The first-order valence-electron chi connectivity index (χ1n) is 41.2. The van der Waals surface area contributed by atoms with Gasteiger partial charge in [0.15, 0.2) is 39.6 Å². The van der Waals surface area contributed by atoms with Gasteiger partial charge in [0.1, 0.15) is 34.5 Å². The van der Waals surface area contributed by atoms with Crippen molar-refractivity contribution in [2.75, 3.05) is 79.3 Å². The maximum Gasteiger partial charge on any atom is 0.344 e. The number of esters is 6. The molecule has 18 nitrogen and oxygen atoms in total. The summed E-state index contributed by atoms with van der Waals surface area (Å²) in [5, 5.41) is 0. The first-order chi connectivity index (χ1) is 53.5. The van der Waals surface area contributed by atoms with Crippen molar-refractivity contribution in [2.24, 2.45) is 0 Å². The minimum Gasteiger partial charge on any atom is -0.481 e. The molecule has 0 spiro atoms. The normalized spacial score (nSPS) is 12.8. The van der Waals surface area contributed by atoms with Crippen LogP contribution >= 0.6 is 0 Å². The lowest BCUT2D eigenvalue weighted by Gasteiger charge is -2.29. The standard InChI is InChI=1S/C96H132O18/c1-25-31-103-79(97)55-109-85-61-37-63-45-74(92(10,11)12)47-65(86(63)110-56-80(98)104-32-26-2)39-67-49-76(94(16,17)18)51-69(88(67)112-58-82(100)106-34-28-4)41-71-53-78(96(22,23)24)54-72(90(71)114-60-84(102)108-36-30-6)42-70-52-77(95(19,20)21)50-68(89(70)113-59-83(101)107-35-29-5)40-66-48-75(93(13,14)15)46-64(87(66)111-57-81(99)105-33-27-3)38-62(85)44-73(43-61)91(7,8)9/h43-54H,25-42,55-60H2,1-24H3. The molecular formula is C96H132O18. The van der Waals surface area contributed by atoms with Crippen molar-refractivity contribution in [3.05, 3.63) is 173 Å². The van der Waals surface area contributed by atoms with E-state index in [0.29, 0.717) is 140 Å². The molecule has 6 aromatic rings. The molecule has 114 heavy (non-hydrogen) atoms. The minimum absolute atomic E-state index is 0.134. The first kappa shape index (κ1) is 92.1. The van der Waals surface area contributed by atoms with Crippen molar-refractivity contribution in [3.8, 4) is 34.5 Å². The van der Waals surface area contributed by atoms with Crippen LogP contribution in [0.2, 0.25) is 0 Å². The van der Waals surface area contributed by atoms with Crippen LogP contribution in [-0.4, -0.2) is 115 Å². The quantitative estimate of drug-likeness (QED) is 0.0302. The molecule has 0 aliphatic heterocycles. The van der Waals surface area contributed by atoms with Gasteiger partial charge in [-0.3, -0.25) is 0 Å². The number of ether oxygens (including phenoxy) is 12. The first-order valence-corrected chi connectivity index (χ1v) is 41.2. The van der Waals surface area contributed by atoms with Crippen molar-refractivity contribution >= 4 is 35.8 Å². The molecule has 6 aromatic carbocycles. The summed E-state index contributed by atoms with van der Waals surface area (Å²) < 4.78 is 76.7. The van der Waals surface area contributed by atoms with Crippen LogP contribution in [0.1, 0.15) is 305 Å². The van der Waals surface area contributed by atoms with Crippen LogP contribution in [0.25, 0.3) is 0 Å². The smallest absolute Gasteiger partial charge is 0.344 e. The summed E-state index contributed by atoms with van der Waals surface area (Å²) in [6, 6.07) is 25.4. The monoisotopic (exact) mass is 1570 g/mol. The molecule has 1 aliphatic rings. The highest BCUT2D eigenvalue weighted by Crippen LogP contribution is 2.47. The Balaban J connectivity index is 1.81. The zero-order valence-electron chi connectivity index (χ0n) is 73.2. The Morgan fingerprint density at radius 3 is 0.404 bits per heavy atom. The Morgan fingerprint density at radius 2 is 0.316 bits per heavy atom. The molecule has 0 fully saturated rings. The molecule has 0 radical (unpaired) electrons. The van der Waals surface area contributed by atoms with E-state index in [4.69, 9.17) is 56.8 Å². The third-order valence-electron chi connectivity index (χ3n) is 19.7. The van der Waals surface area contributed by atoms with Crippen molar-refractivity contribution < 1.29 is 85.6 Å². The van der Waals surface area contributed by atoms with Crippen LogP contribution in [0.15, 0.2) is 72.8 Å². The van der Waals surface area contributed by atoms with Gasteiger partial charge in [-0.15, -0.1) is 0 Å². The van der Waals surface area contributed by atoms with Crippen LogP contribution in [0.5, 0.6) is 34.5 Å². The fourth-order valence-corrected chi connectivity index (χ4v) is 13.4. The van der Waals surface area contributed by atoms with E-state index in [9.17, 15) is 28.8 Å². The van der Waals surface area contributed by atoms with E-state index in [-0.39, 0.29) is 78.2 Å². The summed E-state index contributed by atoms with van der Waals surface area (Å²) >= 11 is 0. The lowest BCUT2D eigenvalue weighted by molar-refractivity contribution is -0.146. The van der Waals surface area contributed by atoms with Crippen LogP contribution in [0.3, 0.4) is 0 Å². The van der Waals surface area contributed by atoms with Gasteiger partial charge in [-0.25, -0.2) is 28.8 Å². The number of hydrogen-bond acceptors (Lipinski definition) is 18. The van der Waals surface area contributed by atoms with Crippen molar-refractivity contribution in [1.29, 1.82) is 0 Å². The predicted molar refractivity (Wildman–Crippen MR) is 448 cm³/mol. The van der Waals surface area contributed by atoms with Gasteiger partial charge in [0.25, 0.3) is 0 Å². The van der Waals surface area contributed by atoms with Crippen LogP contribution < -0.4 is 28.4 Å². The number of carbonyl (C=O) groups is 6. The van der Waals surface area contributed by atoms with Gasteiger partial charge < -0.3 is 56.8 Å². The summed E-state index contributed by atoms with van der Waals surface area (Å²) in [6.07, 6.45) is 4.34. The van der Waals surface area contributed by atoms with E-state index in [1.165, 1.54) is 0 Å². The number of benzene rings is 6. The fourth-order valence-electron chi connectivity index (χ4n) is 13.4. The molecule has 18 heteroatoms. The Morgan fingerprint density at radius 1 is 0.211 bits per heavy atom. The Kier molecular flexibility index (Phi) is 32.7. The van der Waals surface area contributed by atoms with Gasteiger partial charge >= 0.3 is 35.8 Å². The molecule has 0 saturated heterocycles. The molecule has 624 valence electrons. The second-order valence-corrected chi connectivity index (χ2v) is 36.4. The summed E-state index contributed by atoms with van der Waals surface area (Å²) in [5.74, 6) is -0.974. The average molecular weight is 1570 g/mol. The van der Waals surface area contributed by atoms with E-state index < -0.39 is 108 Å². The molecule has 1 aliphatic carbocycles. The van der Waals surface area contributed by atoms with Crippen molar-refractivity contribution in [2.45, 2.75) is 276 Å². The van der Waals surface area contributed by atoms with Crippen LogP contribution in [0.4, 0.5) is 0 Å². The van der Waals surface area contributed by atoms with Crippen LogP contribution in [0, 0.1) is 0 Å². The van der Waals surface area contributed by atoms with E-state index in [1.54, 1.807) is 0 Å². The number of rotatable bonds is 30. The molecule has 0 heterocycles. The highest BCUT2D eigenvalue weighted by molar-refractivity contribution is 5.75. The van der Waals surface area contributed by atoms with E-state index in [2.05, 4.69) is 197 Å². The van der Waals surface area contributed by atoms with Gasteiger partial charge in [-0.1, -0.05) is 239 Å². The predicted octanol–water partition coefficient (Wildman–Crippen LogP) is 19.3. The highest BCUT2D eigenvalue weighted by Gasteiger charge is 2.33. The fraction of sp³-hybridized carbons (Fsp3) is 0.562. The Bertz CT molecular complexity index is 3470. The maximum atomic E-state index is 14.1. The second kappa shape index (κ2) is 40.5. The Labute approximate surface area is 680 Å². The Hall–Kier alpha value is -9.06. The highest BCUT2D eigenvalue weighted by atomic mass is 16.6. The summed E-state index contributed by atoms with van der Waals surface area (Å²) in [4.78, 5) is 84.5. The average Bonchev–Trinajstić information content (AvgIpc) is 0.766. The molecule has 0 atom stereocenters. The topological polar surface area (TPSA) is 213 Å². The zero-order valence-corrected chi connectivity index (χ0v) is 73.2. The van der Waals surface area contributed by atoms with Gasteiger partial charge in [0, 0.05) is 38.5 Å². The molecule has 0 amide bonds. The van der Waals surface area contributed by atoms with E-state index >= 15 is 0 Å². The molecule has 0 aromatic heterocycles. The van der Waals surface area contributed by atoms with Gasteiger partial charge in [0.2, 0.25) is 0 Å². The zero-order chi connectivity index (χ0) is 84.3. The summed E-state index contributed by atoms with van der Waals surface area (Å²) in [5.41, 5.74) is 10.9. The van der Waals surface area contributed by atoms with E-state index in [1.807, 2.05) is 41.5 Å². The summed E-state index contributed by atoms with van der Waals surface area (Å²) in [7, 11) is 0. The second-order valence-electron chi connectivity index (χ2n) is 36.4. The van der Waals surface area contributed by atoms with Gasteiger partial charge in [-0.2, -0.15) is 0 Å². The third kappa shape index (κ3) is 26.5. The molecule has 0 N–H and O–H groups in total. The summed E-state index contributed by atoms with van der Waals surface area (Å²) in [6.45, 7) is 48.6. The molecular weight excluding hydrogens is 1440 g/mol. The molecule has 7 rings (SSSR count). The molecule has 0 unspecified atom stereocenters. The molecule has 0 saturated carbocycles. The molecule has 12 bridgehead atoms. The van der Waals surface area contributed by atoms with Crippen molar-refractivity contribution in [1.82, 2.24) is 0 Å². The largest absolute Gasteiger partial charge is 0.481 e. The number of fused-ring (bicyclic) bond motifs is 12. The number of hydrogen-bond donors (Lipinski definition) is 0. The lowest BCUT2D eigenvalue weighted by Crippen LogP contribution is -2.21. The SMILES string of the molecule is CCCOC(=O)COc1c2cc(C(C)(C)C)cc1Cc1cc(C(C)(C)C)cc(c1OCC(=O)OCCC)Cc1cc(C(C)(C)C)cc(c1OCC(=O)OCCC)Cc1cc(C(C)(C)C)cc(c1OCC(=O)OCCC)Cc1cc(C(C)(C)C)cc(c1OCC(=O)OCCC)Cc1cc(C(C)(C)C)cc(c1OCC(=O)OCCC)C2. The maximum absolute atomic E-state index is 14.1. The van der Waals surface area contributed by atoms with Crippen LogP contribution in [-0.2, 0) is 128 Å². The number of carbonyl (C=O) groups excluding carboxylic acids is 6.